The third-order valence-electron chi connectivity index (χ3n) is 4.56. The SMILES string of the molecule is Oc1ccc(Cc2ccc(O)cc2)cc1.Oc1ccc(Cc2ccc(O)cc2)cc1. The van der Waals surface area contributed by atoms with Crippen LogP contribution in [-0.4, -0.2) is 20.4 Å². The molecule has 4 nitrogen and oxygen atoms in total. The molecule has 0 atom stereocenters. The summed E-state index contributed by atoms with van der Waals surface area (Å²) < 4.78 is 0. The zero-order chi connectivity index (χ0) is 21.3. The fourth-order valence-electron chi connectivity index (χ4n) is 2.93. The van der Waals surface area contributed by atoms with Crippen LogP contribution in [-0.2, 0) is 12.8 Å². The van der Waals surface area contributed by atoms with E-state index >= 15 is 0 Å². The molecular weight excluding hydrogens is 376 g/mol. The third-order valence-corrected chi connectivity index (χ3v) is 4.56. The highest BCUT2D eigenvalue weighted by atomic mass is 16.3. The first kappa shape index (κ1) is 20.8. The van der Waals surface area contributed by atoms with Gasteiger partial charge in [-0.1, -0.05) is 48.5 Å². The summed E-state index contributed by atoms with van der Waals surface area (Å²) in [6.07, 6.45) is 1.61. The molecule has 4 heteroatoms. The number of aromatic hydroxyl groups is 4. The highest BCUT2D eigenvalue weighted by Gasteiger charge is 1.98. The minimum Gasteiger partial charge on any atom is -0.508 e. The van der Waals surface area contributed by atoms with Gasteiger partial charge in [0.25, 0.3) is 0 Å². The van der Waals surface area contributed by atoms with Crippen LogP contribution in [0.1, 0.15) is 22.3 Å². The topological polar surface area (TPSA) is 80.9 Å². The molecule has 0 spiro atoms. The Balaban J connectivity index is 0.000000171. The average Bonchev–Trinajstić information content (AvgIpc) is 2.75. The first-order valence-corrected chi connectivity index (χ1v) is 9.59. The molecule has 0 heterocycles. The number of phenols is 4. The zero-order valence-corrected chi connectivity index (χ0v) is 16.4. The fourth-order valence-corrected chi connectivity index (χ4v) is 2.93. The molecule has 0 amide bonds. The minimum absolute atomic E-state index is 0.282. The van der Waals surface area contributed by atoms with Crippen molar-refractivity contribution in [3.8, 4) is 23.0 Å². The van der Waals surface area contributed by atoms with Gasteiger partial charge in [-0.2, -0.15) is 0 Å². The molecule has 4 aromatic carbocycles. The Bertz CT molecular complexity index is 860. The van der Waals surface area contributed by atoms with Crippen LogP contribution in [0.2, 0.25) is 0 Å². The summed E-state index contributed by atoms with van der Waals surface area (Å²) in [5, 5.41) is 36.5. The molecule has 4 rings (SSSR count). The molecule has 0 saturated heterocycles. The molecular formula is C26H24O4. The van der Waals surface area contributed by atoms with Gasteiger partial charge >= 0.3 is 0 Å². The Labute approximate surface area is 176 Å². The number of hydrogen-bond donors (Lipinski definition) is 4. The molecule has 0 bridgehead atoms. The van der Waals surface area contributed by atoms with Crippen LogP contribution in [0.4, 0.5) is 0 Å². The third kappa shape index (κ3) is 6.60. The van der Waals surface area contributed by atoms with E-state index in [0.29, 0.717) is 0 Å². The molecule has 4 N–H and O–H groups in total. The maximum Gasteiger partial charge on any atom is 0.115 e. The molecule has 0 saturated carbocycles. The van der Waals surface area contributed by atoms with Crippen LogP contribution in [0.5, 0.6) is 23.0 Å². The fraction of sp³-hybridized carbons (Fsp3) is 0.0769. The molecule has 30 heavy (non-hydrogen) atoms. The maximum atomic E-state index is 9.13. The summed E-state index contributed by atoms with van der Waals surface area (Å²) in [5.41, 5.74) is 4.55. The normalized spacial score (nSPS) is 10.1. The highest BCUT2D eigenvalue weighted by molar-refractivity contribution is 5.34. The molecule has 4 aromatic rings. The second-order valence-electron chi connectivity index (χ2n) is 7.02. The molecule has 0 unspecified atom stereocenters. The lowest BCUT2D eigenvalue weighted by Crippen LogP contribution is -1.86. The summed E-state index contributed by atoms with van der Waals surface area (Å²) >= 11 is 0. The van der Waals surface area contributed by atoms with E-state index in [2.05, 4.69) is 0 Å². The molecule has 152 valence electrons. The second kappa shape index (κ2) is 10.0. The molecule has 0 aromatic heterocycles. The molecule has 0 aliphatic heterocycles. The lowest BCUT2D eigenvalue weighted by molar-refractivity contribution is 0.474. The van der Waals surface area contributed by atoms with Crippen LogP contribution in [0.3, 0.4) is 0 Å². The van der Waals surface area contributed by atoms with Crippen LogP contribution < -0.4 is 0 Å². The van der Waals surface area contributed by atoms with Crippen LogP contribution >= 0.6 is 0 Å². The van der Waals surface area contributed by atoms with Gasteiger partial charge in [0.05, 0.1) is 0 Å². The second-order valence-corrected chi connectivity index (χ2v) is 7.02. The van der Waals surface area contributed by atoms with Crippen molar-refractivity contribution in [2.24, 2.45) is 0 Å². The van der Waals surface area contributed by atoms with E-state index in [9.17, 15) is 0 Å². The summed E-state index contributed by atoms with van der Waals surface area (Å²) in [5.74, 6) is 1.13. The lowest BCUT2D eigenvalue weighted by Gasteiger charge is -2.02. The number of phenolic OH excluding ortho intramolecular Hbond substituents is 4. The van der Waals surface area contributed by atoms with E-state index in [0.717, 1.165) is 35.1 Å². The van der Waals surface area contributed by atoms with Crippen LogP contribution in [0.15, 0.2) is 97.1 Å². The molecule has 0 radical (unpaired) electrons. The Morgan fingerprint density at radius 2 is 0.467 bits per heavy atom. The van der Waals surface area contributed by atoms with E-state index in [4.69, 9.17) is 20.4 Å². The van der Waals surface area contributed by atoms with Crippen molar-refractivity contribution in [3.63, 3.8) is 0 Å². The van der Waals surface area contributed by atoms with Gasteiger partial charge in [-0.25, -0.2) is 0 Å². The number of rotatable bonds is 4. The number of benzene rings is 4. The Morgan fingerprint density at radius 3 is 0.633 bits per heavy atom. The summed E-state index contributed by atoms with van der Waals surface area (Å²) in [7, 11) is 0. The van der Waals surface area contributed by atoms with Crippen LogP contribution in [0.25, 0.3) is 0 Å². The minimum atomic E-state index is 0.282. The van der Waals surface area contributed by atoms with Gasteiger partial charge in [-0.05, 0) is 83.6 Å². The smallest absolute Gasteiger partial charge is 0.115 e. The van der Waals surface area contributed by atoms with E-state index in [1.807, 2.05) is 48.5 Å². The van der Waals surface area contributed by atoms with Crippen molar-refractivity contribution in [3.05, 3.63) is 119 Å². The van der Waals surface area contributed by atoms with Crippen molar-refractivity contribution in [2.45, 2.75) is 12.8 Å². The van der Waals surface area contributed by atoms with Crippen molar-refractivity contribution < 1.29 is 20.4 Å². The van der Waals surface area contributed by atoms with Gasteiger partial charge in [0.1, 0.15) is 23.0 Å². The Morgan fingerprint density at radius 1 is 0.300 bits per heavy atom. The summed E-state index contributed by atoms with van der Waals surface area (Å²) in [6.45, 7) is 0. The monoisotopic (exact) mass is 400 g/mol. The van der Waals surface area contributed by atoms with E-state index in [1.165, 1.54) is 0 Å². The lowest BCUT2D eigenvalue weighted by atomic mass is 10.1. The molecule has 0 aliphatic rings. The first-order valence-electron chi connectivity index (χ1n) is 9.59. The van der Waals surface area contributed by atoms with Gasteiger partial charge in [-0.3, -0.25) is 0 Å². The van der Waals surface area contributed by atoms with Crippen molar-refractivity contribution >= 4 is 0 Å². The number of hydrogen-bond acceptors (Lipinski definition) is 4. The van der Waals surface area contributed by atoms with Crippen LogP contribution in [0, 0.1) is 0 Å². The summed E-state index contributed by atoms with van der Waals surface area (Å²) in [6, 6.07) is 28.5. The van der Waals surface area contributed by atoms with Gasteiger partial charge < -0.3 is 20.4 Å². The van der Waals surface area contributed by atoms with Gasteiger partial charge in [-0.15, -0.1) is 0 Å². The largest absolute Gasteiger partial charge is 0.508 e. The molecule has 0 fully saturated rings. The van der Waals surface area contributed by atoms with E-state index in [1.54, 1.807) is 48.5 Å². The van der Waals surface area contributed by atoms with Gasteiger partial charge in [0, 0.05) is 0 Å². The average molecular weight is 400 g/mol. The Kier molecular flexibility index (Phi) is 6.95. The maximum absolute atomic E-state index is 9.13. The Hall–Kier alpha value is -3.92. The van der Waals surface area contributed by atoms with Gasteiger partial charge in [0.2, 0.25) is 0 Å². The standard InChI is InChI=1S/2C13H12O2/c2*14-12-5-1-10(2-6-12)9-11-3-7-13(15)8-4-11/h2*1-8,14-15H,9H2. The van der Waals surface area contributed by atoms with Crippen molar-refractivity contribution in [1.29, 1.82) is 0 Å². The molecule has 0 aliphatic carbocycles. The predicted octanol–water partition coefficient (Wildman–Crippen LogP) is 5.38. The van der Waals surface area contributed by atoms with Crippen molar-refractivity contribution in [2.75, 3.05) is 0 Å². The van der Waals surface area contributed by atoms with Crippen molar-refractivity contribution in [1.82, 2.24) is 0 Å². The first-order chi connectivity index (χ1) is 14.5. The van der Waals surface area contributed by atoms with E-state index in [-0.39, 0.29) is 23.0 Å². The highest BCUT2D eigenvalue weighted by Crippen LogP contribution is 2.17. The quantitative estimate of drug-likeness (QED) is 0.371. The zero-order valence-electron chi connectivity index (χ0n) is 16.4. The van der Waals surface area contributed by atoms with Gasteiger partial charge in [0.15, 0.2) is 0 Å². The predicted molar refractivity (Wildman–Crippen MR) is 118 cm³/mol. The summed E-state index contributed by atoms with van der Waals surface area (Å²) in [4.78, 5) is 0. The van der Waals surface area contributed by atoms with E-state index < -0.39 is 0 Å².